The molecular weight excluding hydrogens is 264 g/mol. The number of rotatable bonds is 2. The average Bonchev–Trinajstić information content (AvgIpc) is 2.74. The number of hydrogen-bond donors (Lipinski definition) is 2. The van der Waals surface area contributed by atoms with Crippen LogP contribution in [0.2, 0.25) is 0 Å². The molecule has 5 nitrogen and oxygen atoms in total. The van der Waals surface area contributed by atoms with Gasteiger partial charge in [0.05, 0.1) is 6.54 Å². The molecule has 0 atom stereocenters. The SMILES string of the molecule is Cc1cc(C)nc(C2=C(O)CN(c3ccccc3)C2=N)n1. The molecule has 2 aromatic rings. The largest absolute Gasteiger partial charge is 0.509 e. The lowest BCUT2D eigenvalue weighted by molar-refractivity contribution is 0.411. The molecule has 0 aliphatic carbocycles. The molecule has 5 heteroatoms. The molecule has 1 aliphatic heterocycles. The Bertz CT molecular complexity index is 717. The van der Waals surface area contributed by atoms with Crippen molar-refractivity contribution in [1.29, 1.82) is 5.41 Å². The molecule has 0 unspecified atom stereocenters. The first-order valence-electron chi connectivity index (χ1n) is 6.72. The van der Waals surface area contributed by atoms with Crippen molar-refractivity contribution in [1.82, 2.24) is 9.97 Å². The van der Waals surface area contributed by atoms with Gasteiger partial charge in [0, 0.05) is 17.1 Å². The molecule has 1 aromatic heterocycles. The van der Waals surface area contributed by atoms with Crippen LogP contribution in [-0.2, 0) is 0 Å². The van der Waals surface area contributed by atoms with Gasteiger partial charge < -0.3 is 10.0 Å². The van der Waals surface area contributed by atoms with Gasteiger partial charge in [-0.15, -0.1) is 0 Å². The standard InChI is InChI=1S/C16H16N4O/c1-10-8-11(2)19-16(18-10)14-13(21)9-20(15(14)17)12-6-4-3-5-7-12/h3-8,17,21H,9H2,1-2H3. The van der Waals surface area contributed by atoms with E-state index in [0.29, 0.717) is 11.4 Å². The Morgan fingerprint density at radius 3 is 2.33 bits per heavy atom. The van der Waals surface area contributed by atoms with Crippen LogP contribution in [-0.4, -0.2) is 27.5 Å². The average molecular weight is 280 g/mol. The smallest absolute Gasteiger partial charge is 0.166 e. The van der Waals surface area contributed by atoms with Crippen LogP contribution >= 0.6 is 0 Å². The Balaban J connectivity index is 2.00. The minimum atomic E-state index is 0.133. The van der Waals surface area contributed by atoms with Crippen LogP contribution in [0.15, 0.2) is 42.2 Å². The number of amidine groups is 1. The number of nitrogens with zero attached hydrogens (tertiary/aromatic N) is 3. The summed E-state index contributed by atoms with van der Waals surface area (Å²) in [7, 11) is 0. The monoisotopic (exact) mass is 280 g/mol. The van der Waals surface area contributed by atoms with E-state index in [1.165, 1.54) is 0 Å². The Kier molecular flexibility index (Phi) is 3.17. The molecule has 0 radical (unpaired) electrons. The van der Waals surface area contributed by atoms with E-state index in [1.54, 1.807) is 4.90 Å². The molecule has 2 N–H and O–H groups in total. The summed E-state index contributed by atoms with van der Waals surface area (Å²) >= 11 is 0. The normalized spacial score (nSPS) is 15.0. The minimum Gasteiger partial charge on any atom is -0.509 e. The highest BCUT2D eigenvalue weighted by Crippen LogP contribution is 2.29. The molecule has 0 saturated carbocycles. The van der Waals surface area contributed by atoms with E-state index in [2.05, 4.69) is 9.97 Å². The van der Waals surface area contributed by atoms with Gasteiger partial charge in [0.2, 0.25) is 0 Å². The van der Waals surface area contributed by atoms with Gasteiger partial charge in [-0.05, 0) is 32.0 Å². The quantitative estimate of drug-likeness (QED) is 0.887. The van der Waals surface area contributed by atoms with Gasteiger partial charge in [-0.2, -0.15) is 0 Å². The second kappa shape index (κ2) is 5.01. The molecule has 0 saturated heterocycles. The number of para-hydroxylation sites is 1. The number of benzene rings is 1. The van der Waals surface area contributed by atoms with Crippen molar-refractivity contribution in [3.05, 3.63) is 59.4 Å². The number of anilines is 1. The summed E-state index contributed by atoms with van der Waals surface area (Å²) in [5.41, 5.74) is 2.92. The zero-order valence-electron chi connectivity index (χ0n) is 12.0. The van der Waals surface area contributed by atoms with E-state index in [-0.39, 0.29) is 18.1 Å². The lowest BCUT2D eigenvalue weighted by atomic mass is 10.2. The van der Waals surface area contributed by atoms with Crippen molar-refractivity contribution in [3.8, 4) is 0 Å². The third kappa shape index (κ3) is 2.38. The summed E-state index contributed by atoms with van der Waals surface area (Å²) in [4.78, 5) is 10.4. The highest BCUT2D eigenvalue weighted by Gasteiger charge is 2.31. The van der Waals surface area contributed by atoms with Gasteiger partial charge in [-0.1, -0.05) is 18.2 Å². The predicted molar refractivity (Wildman–Crippen MR) is 82.6 cm³/mol. The van der Waals surface area contributed by atoms with E-state index < -0.39 is 0 Å². The maximum absolute atomic E-state index is 10.2. The Hall–Kier alpha value is -2.69. The van der Waals surface area contributed by atoms with E-state index in [9.17, 15) is 5.11 Å². The van der Waals surface area contributed by atoms with Crippen LogP contribution in [0.5, 0.6) is 0 Å². The lowest BCUT2D eigenvalue weighted by Crippen LogP contribution is -2.26. The van der Waals surface area contributed by atoms with Crippen LogP contribution < -0.4 is 4.90 Å². The highest BCUT2D eigenvalue weighted by molar-refractivity contribution is 6.30. The second-order valence-electron chi connectivity index (χ2n) is 5.07. The van der Waals surface area contributed by atoms with Crippen molar-refractivity contribution in [2.24, 2.45) is 0 Å². The molecule has 21 heavy (non-hydrogen) atoms. The topological polar surface area (TPSA) is 73.1 Å². The van der Waals surface area contributed by atoms with Crippen LogP contribution in [0.1, 0.15) is 17.2 Å². The first kappa shape index (κ1) is 13.3. The Morgan fingerprint density at radius 1 is 1.10 bits per heavy atom. The van der Waals surface area contributed by atoms with Crippen LogP contribution in [0.25, 0.3) is 5.57 Å². The lowest BCUT2D eigenvalue weighted by Gasteiger charge is -2.18. The molecule has 0 spiro atoms. The van der Waals surface area contributed by atoms with Crippen LogP contribution in [0, 0.1) is 19.3 Å². The maximum atomic E-state index is 10.2. The predicted octanol–water partition coefficient (Wildman–Crippen LogP) is 2.86. The van der Waals surface area contributed by atoms with Gasteiger partial charge in [-0.3, -0.25) is 5.41 Å². The summed E-state index contributed by atoms with van der Waals surface area (Å²) in [6.07, 6.45) is 0. The number of aliphatic hydroxyl groups excluding tert-OH is 1. The van der Waals surface area contributed by atoms with Crippen molar-refractivity contribution >= 4 is 17.1 Å². The molecule has 1 aliphatic rings. The fourth-order valence-corrected chi connectivity index (χ4v) is 2.48. The molecule has 0 amide bonds. The van der Waals surface area contributed by atoms with Gasteiger partial charge >= 0.3 is 0 Å². The van der Waals surface area contributed by atoms with Crippen LogP contribution in [0.4, 0.5) is 5.69 Å². The number of hydrogen-bond acceptors (Lipinski definition) is 4. The van der Waals surface area contributed by atoms with E-state index in [0.717, 1.165) is 17.1 Å². The Labute approximate surface area is 123 Å². The second-order valence-corrected chi connectivity index (χ2v) is 5.07. The molecule has 2 heterocycles. The molecule has 1 aromatic carbocycles. The molecule has 0 bridgehead atoms. The Morgan fingerprint density at radius 2 is 1.71 bits per heavy atom. The van der Waals surface area contributed by atoms with Gasteiger partial charge in [0.25, 0.3) is 0 Å². The number of aryl methyl sites for hydroxylation is 2. The third-order valence-electron chi connectivity index (χ3n) is 3.38. The summed E-state index contributed by atoms with van der Waals surface area (Å²) in [6.45, 7) is 4.03. The molecular formula is C16H16N4O. The van der Waals surface area contributed by atoms with Gasteiger partial charge in [0.1, 0.15) is 17.2 Å². The zero-order chi connectivity index (χ0) is 15.0. The first-order chi connectivity index (χ1) is 10.1. The molecule has 3 rings (SSSR count). The minimum absolute atomic E-state index is 0.133. The number of nitrogens with one attached hydrogen (secondary N) is 1. The van der Waals surface area contributed by atoms with E-state index in [1.807, 2.05) is 50.2 Å². The fourth-order valence-electron chi connectivity index (χ4n) is 2.48. The van der Waals surface area contributed by atoms with Crippen molar-refractivity contribution in [3.63, 3.8) is 0 Å². The summed E-state index contributed by atoms with van der Waals surface area (Å²) in [5.74, 6) is 0.769. The summed E-state index contributed by atoms with van der Waals surface area (Å²) in [5, 5.41) is 18.6. The van der Waals surface area contributed by atoms with Gasteiger partial charge in [-0.25, -0.2) is 9.97 Å². The first-order valence-corrected chi connectivity index (χ1v) is 6.72. The van der Waals surface area contributed by atoms with Crippen molar-refractivity contribution in [2.45, 2.75) is 13.8 Å². The van der Waals surface area contributed by atoms with Gasteiger partial charge in [0.15, 0.2) is 5.82 Å². The highest BCUT2D eigenvalue weighted by atomic mass is 16.3. The number of aliphatic hydroxyl groups is 1. The summed E-state index contributed by atoms with van der Waals surface area (Å²) < 4.78 is 0. The van der Waals surface area contributed by atoms with Crippen LogP contribution in [0.3, 0.4) is 0 Å². The van der Waals surface area contributed by atoms with Crippen molar-refractivity contribution in [2.75, 3.05) is 11.4 Å². The zero-order valence-corrected chi connectivity index (χ0v) is 12.0. The summed E-state index contributed by atoms with van der Waals surface area (Å²) in [6, 6.07) is 11.4. The molecule has 0 fully saturated rings. The fraction of sp³-hybridized carbons (Fsp3) is 0.188. The van der Waals surface area contributed by atoms with E-state index >= 15 is 0 Å². The molecule has 106 valence electrons. The van der Waals surface area contributed by atoms with Crippen molar-refractivity contribution < 1.29 is 5.11 Å². The maximum Gasteiger partial charge on any atom is 0.166 e. The third-order valence-corrected chi connectivity index (χ3v) is 3.38. The number of aromatic nitrogens is 2. The van der Waals surface area contributed by atoms with E-state index in [4.69, 9.17) is 5.41 Å².